The Hall–Kier alpha value is -1.40. The van der Waals surface area contributed by atoms with E-state index >= 15 is 0 Å². The monoisotopic (exact) mass is 369 g/mol. The largest absolute Gasteiger partial charge is 0.356 e. The van der Waals surface area contributed by atoms with Crippen molar-refractivity contribution in [3.8, 4) is 0 Å². The fourth-order valence-corrected chi connectivity index (χ4v) is 3.28. The van der Waals surface area contributed by atoms with Crippen molar-refractivity contribution in [2.24, 2.45) is 4.99 Å². The van der Waals surface area contributed by atoms with Gasteiger partial charge in [0.1, 0.15) is 5.82 Å². The Bertz CT molecular complexity index is 612. The number of rotatable bonds is 5. The lowest BCUT2D eigenvalue weighted by Gasteiger charge is -2.11. The van der Waals surface area contributed by atoms with Gasteiger partial charge in [0.2, 0.25) is 0 Å². The van der Waals surface area contributed by atoms with Crippen molar-refractivity contribution in [2.45, 2.75) is 13.0 Å². The van der Waals surface area contributed by atoms with E-state index < -0.39 is 0 Å². The second kappa shape index (κ2) is 8.14. The fraction of sp³-hybridized carbons (Fsp3) is 0.267. The number of guanidine groups is 1. The van der Waals surface area contributed by atoms with Crippen molar-refractivity contribution in [1.29, 1.82) is 0 Å². The van der Waals surface area contributed by atoms with Crippen LogP contribution in [0.25, 0.3) is 0 Å². The zero-order valence-corrected chi connectivity index (χ0v) is 14.1. The van der Waals surface area contributed by atoms with E-state index in [1.54, 1.807) is 30.5 Å². The molecule has 0 saturated heterocycles. The Balaban J connectivity index is 1.75. The van der Waals surface area contributed by atoms with Gasteiger partial charge < -0.3 is 10.6 Å². The van der Waals surface area contributed by atoms with Gasteiger partial charge in [-0.15, -0.1) is 11.3 Å². The Morgan fingerprint density at radius 1 is 1.29 bits per heavy atom. The van der Waals surface area contributed by atoms with E-state index in [0.717, 1.165) is 28.3 Å². The average Bonchev–Trinajstić information content (AvgIpc) is 2.88. The molecule has 1 heterocycles. The lowest BCUT2D eigenvalue weighted by Crippen LogP contribution is -2.37. The Kier molecular flexibility index (Phi) is 6.20. The molecule has 0 unspecified atom stereocenters. The Morgan fingerprint density at radius 3 is 2.81 bits per heavy atom. The van der Waals surface area contributed by atoms with Crippen molar-refractivity contribution in [3.05, 3.63) is 56.4 Å². The number of nitrogens with one attached hydrogen (secondary N) is 2. The number of nitrogens with zero attached hydrogens (tertiary/aromatic N) is 1. The number of halogens is 2. The zero-order valence-electron chi connectivity index (χ0n) is 11.7. The van der Waals surface area contributed by atoms with Crippen LogP contribution in [0, 0.1) is 5.82 Å². The number of benzene rings is 1. The molecule has 3 nitrogen and oxygen atoms in total. The van der Waals surface area contributed by atoms with Crippen molar-refractivity contribution in [2.75, 3.05) is 13.6 Å². The predicted octanol–water partition coefficient (Wildman–Crippen LogP) is 3.56. The standard InChI is InChI=1S/C15H17BrFN3S/c1-18-15(20-10-13-5-6-14(16)21-13)19-8-7-11-3-2-4-12(17)9-11/h2-6,9H,7-8,10H2,1H3,(H2,18,19,20). The molecule has 21 heavy (non-hydrogen) atoms. The predicted molar refractivity (Wildman–Crippen MR) is 90.3 cm³/mol. The highest BCUT2D eigenvalue weighted by Crippen LogP contribution is 2.21. The van der Waals surface area contributed by atoms with Crippen molar-refractivity contribution >= 4 is 33.2 Å². The van der Waals surface area contributed by atoms with Crippen LogP contribution in [-0.4, -0.2) is 19.6 Å². The van der Waals surface area contributed by atoms with Gasteiger partial charge in [0.25, 0.3) is 0 Å². The van der Waals surface area contributed by atoms with Crippen LogP contribution >= 0.6 is 27.3 Å². The Morgan fingerprint density at radius 2 is 2.14 bits per heavy atom. The first-order valence-electron chi connectivity index (χ1n) is 6.60. The number of hydrogen-bond donors (Lipinski definition) is 2. The summed E-state index contributed by atoms with van der Waals surface area (Å²) in [5.41, 5.74) is 0.972. The summed E-state index contributed by atoms with van der Waals surface area (Å²) < 4.78 is 14.2. The van der Waals surface area contributed by atoms with Crippen LogP contribution in [0.4, 0.5) is 4.39 Å². The van der Waals surface area contributed by atoms with Gasteiger partial charge >= 0.3 is 0 Å². The lowest BCUT2D eigenvalue weighted by atomic mass is 10.1. The molecule has 0 bridgehead atoms. The molecule has 0 aliphatic rings. The topological polar surface area (TPSA) is 36.4 Å². The molecule has 0 saturated carbocycles. The van der Waals surface area contributed by atoms with E-state index in [1.807, 2.05) is 12.1 Å². The fourth-order valence-electron chi connectivity index (χ4n) is 1.86. The number of hydrogen-bond acceptors (Lipinski definition) is 2. The van der Waals surface area contributed by atoms with Crippen molar-refractivity contribution < 1.29 is 4.39 Å². The van der Waals surface area contributed by atoms with E-state index in [4.69, 9.17) is 0 Å². The summed E-state index contributed by atoms with van der Waals surface area (Å²) in [4.78, 5) is 5.40. The number of aliphatic imine (C=N–C) groups is 1. The van der Waals surface area contributed by atoms with E-state index in [-0.39, 0.29) is 5.82 Å². The van der Waals surface area contributed by atoms with E-state index in [1.165, 1.54) is 10.9 Å². The maximum atomic E-state index is 13.1. The summed E-state index contributed by atoms with van der Waals surface area (Å²) in [5.74, 6) is 0.550. The maximum absolute atomic E-state index is 13.1. The van der Waals surface area contributed by atoms with Crippen LogP contribution in [0.5, 0.6) is 0 Å². The van der Waals surface area contributed by atoms with Crippen LogP contribution in [-0.2, 0) is 13.0 Å². The summed E-state index contributed by atoms with van der Waals surface area (Å²) in [6, 6.07) is 10.8. The summed E-state index contributed by atoms with van der Waals surface area (Å²) >= 11 is 5.14. The lowest BCUT2D eigenvalue weighted by molar-refractivity contribution is 0.625. The minimum Gasteiger partial charge on any atom is -0.356 e. The third-order valence-corrected chi connectivity index (χ3v) is 4.50. The minimum absolute atomic E-state index is 0.196. The molecule has 6 heteroatoms. The normalized spacial score (nSPS) is 11.5. The highest BCUT2D eigenvalue weighted by atomic mass is 79.9. The van der Waals surface area contributed by atoms with Crippen LogP contribution in [0.15, 0.2) is 45.2 Å². The van der Waals surface area contributed by atoms with E-state index in [2.05, 4.69) is 37.6 Å². The average molecular weight is 370 g/mol. The SMILES string of the molecule is CN=C(NCCc1cccc(F)c1)NCc1ccc(Br)s1. The first kappa shape index (κ1) is 16.0. The third-order valence-electron chi connectivity index (χ3n) is 2.88. The smallest absolute Gasteiger partial charge is 0.191 e. The van der Waals surface area contributed by atoms with Gasteiger partial charge in [0.15, 0.2) is 5.96 Å². The van der Waals surface area contributed by atoms with Crippen LogP contribution in [0.3, 0.4) is 0 Å². The summed E-state index contributed by atoms with van der Waals surface area (Å²) in [6.07, 6.45) is 0.753. The van der Waals surface area contributed by atoms with E-state index in [9.17, 15) is 4.39 Å². The molecule has 0 spiro atoms. The molecule has 0 radical (unpaired) electrons. The second-order valence-corrected chi connectivity index (χ2v) is 6.99. The van der Waals surface area contributed by atoms with Gasteiger partial charge in [0.05, 0.1) is 10.3 Å². The molecule has 2 N–H and O–H groups in total. The maximum Gasteiger partial charge on any atom is 0.191 e. The van der Waals surface area contributed by atoms with Crippen LogP contribution < -0.4 is 10.6 Å². The van der Waals surface area contributed by atoms with Gasteiger partial charge in [-0.2, -0.15) is 0 Å². The second-order valence-electron chi connectivity index (χ2n) is 4.44. The molecule has 0 amide bonds. The van der Waals surface area contributed by atoms with Crippen molar-refractivity contribution in [1.82, 2.24) is 10.6 Å². The van der Waals surface area contributed by atoms with Gasteiger partial charge in [0, 0.05) is 18.5 Å². The van der Waals surface area contributed by atoms with Crippen molar-refractivity contribution in [3.63, 3.8) is 0 Å². The van der Waals surface area contributed by atoms with Gasteiger partial charge in [-0.1, -0.05) is 12.1 Å². The molecule has 2 rings (SSSR count). The Labute approximate surface area is 136 Å². The van der Waals surface area contributed by atoms with Crippen LogP contribution in [0.1, 0.15) is 10.4 Å². The molecule has 0 aliphatic heterocycles. The summed E-state index contributed by atoms with van der Waals surface area (Å²) in [6.45, 7) is 1.44. The molecule has 2 aromatic rings. The van der Waals surface area contributed by atoms with Gasteiger partial charge in [-0.25, -0.2) is 4.39 Å². The number of thiophene rings is 1. The first-order chi connectivity index (χ1) is 10.2. The molecule has 1 aromatic heterocycles. The molecule has 0 aliphatic carbocycles. The third kappa shape index (κ3) is 5.47. The van der Waals surface area contributed by atoms with Gasteiger partial charge in [-0.05, 0) is 52.2 Å². The quantitative estimate of drug-likeness (QED) is 0.624. The van der Waals surface area contributed by atoms with Gasteiger partial charge in [-0.3, -0.25) is 4.99 Å². The molecule has 0 fully saturated rings. The molecular weight excluding hydrogens is 353 g/mol. The summed E-state index contributed by atoms with van der Waals surface area (Å²) in [7, 11) is 1.74. The molecular formula is C15H17BrFN3S. The highest BCUT2D eigenvalue weighted by Gasteiger charge is 2.01. The minimum atomic E-state index is -0.196. The highest BCUT2D eigenvalue weighted by molar-refractivity contribution is 9.11. The zero-order chi connectivity index (χ0) is 15.1. The van der Waals surface area contributed by atoms with E-state index in [0.29, 0.717) is 6.54 Å². The van der Waals surface area contributed by atoms with Crippen LogP contribution in [0.2, 0.25) is 0 Å². The molecule has 112 valence electrons. The molecule has 0 atom stereocenters. The first-order valence-corrected chi connectivity index (χ1v) is 8.21. The molecule has 1 aromatic carbocycles. The summed E-state index contributed by atoms with van der Waals surface area (Å²) in [5, 5.41) is 6.47.